The van der Waals surface area contributed by atoms with Gasteiger partial charge >= 0.3 is 0 Å². The van der Waals surface area contributed by atoms with Crippen molar-refractivity contribution >= 4 is 5.91 Å². The van der Waals surface area contributed by atoms with Crippen molar-refractivity contribution in [3.8, 4) is 0 Å². The SMILES string of the molecule is CCC(CO)N1CCN(C(=O)C(C)N)CC1. The van der Waals surface area contributed by atoms with Crippen LogP contribution in [0.2, 0.25) is 0 Å². The van der Waals surface area contributed by atoms with E-state index in [1.807, 2.05) is 4.90 Å². The molecule has 16 heavy (non-hydrogen) atoms. The van der Waals surface area contributed by atoms with E-state index in [0.717, 1.165) is 32.6 Å². The number of piperazine rings is 1. The van der Waals surface area contributed by atoms with Crippen molar-refractivity contribution in [2.75, 3.05) is 32.8 Å². The van der Waals surface area contributed by atoms with E-state index >= 15 is 0 Å². The van der Waals surface area contributed by atoms with Crippen LogP contribution in [0.15, 0.2) is 0 Å². The van der Waals surface area contributed by atoms with Gasteiger partial charge in [0.15, 0.2) is 0 Å². The van der Waals surface area contributed by atoms with Gasteiger partial charge in [-0.05, 0) is 13.3 Å². The zero-order chi connectivity index (χ0) is 12.1. The van der Waals surface area contributed by atoms with Gasteiger partial charge in [0.05, 0.1) is 12.6 Å². The number of rotatable bonds is 4. The van der Waals surface area contributed by atoms with Crippen molar-refractivity contribution in [1.82, 2.24) is 9.80 Å². The van der Waals surface area contributed by atoms with E-state index in [9.17, 15) is 9.90 Å². The van der Waals surface area contributed by atoms with Crippen molar-refractivity contribution in [2.24, 2.45) is 5.73 Å². The summed E-state index contributed by atoms with van der Waals surface area (Å²) in [6.07, 6.45) is 0.942. The Labute approximate surface area is 97.2 Å². The molecule has 2 unspecified atom stereocenters. The Balaban J connectivity index is 2.42. The monoisotopic (exact) mass is 229 g/mol. The standard InChI is InChI=1S/C11H23N3O2/c1-3-10(8-15)13-4-6-14(7-5-13)11(16)9(2)12/h9-10,15H,3-8,12H2,1-2H3. The molecule has 0 spiro atoms. The molecule has 1 aliphatic rings. The van der Waals surface area contributed by atoms with E-state index in [1.165, 1.54) is 0 Å². The summed E-state index contributed by atoms with van der Waals surface area (Å²) in [5.41, 5.74) is 5.57. The first-order valence-corrected chi connectivity index (χ1v) is 5.99. The minimum Gasteiger partial charge on any atom is -0.395 e. The van der Waals surface area contributed by atoms with E-state index in [2.05, 4.69) is 11.8 Å². The maximum Gasteiger partial charge on any atom is 0.239 e. The van der Waals surface area contributed by atoms with Crippen LogP contribution in [-0.2, 0) is 4.79 Å². The number of amides is 1. The first kappa shape index (κ1) is 13.4. The van der Waals surface area contributed by atoms with Crippen molar-refractivity contribution in [1.29, 1.82) is 0 Å². The normalized spacial score (nSPS) is 21.9. The molecule has 1 heterocycles. The second-order valence-corrected chi connectivity index (χ2v) is 4.39. The number of aliphatic hydroxyl groups excluding tert-OH is 1. The van der Waals surface area contributed by atoms with Gasteiger partial charge in [0.25, 0.3) is 0 Å². The van der Waals surface area contributed by atoms with Crippen LogP contribution in [-0.4, -0.2) is 65.7 Å². The van der Waals surface area contributed by atoms with E-state index in [4.69, 9.17) is 5.73 Å². The quantitative estimate of drug-likeness (QED) is 0.665. The second kappa shape index (κ2) is 6.18. The third kappa shape index (κ3) is 3.17. The molecule has 1 amide bonds. The van der Waals surface area contributed by atoms with E-state index in [1.54, 1.807) is 6.92 Å². The van der Waals surface area contributed by atoms with Crippen LogP contribution in [0.5, 0.6) is 0 Å². The highest BCUT2D eigenvalue weighted by Gasteiger charge is 2.25. The van der Waals surface area contributed by atoms with Crippen LogP contribution in [0.25, 0.3) is 0 Å². The highest BCUT2D eigenvalue weighted by molar-refractivity contribution is 5.81. The van der Waals surface area contributed by atoms with E-state index < -0.39 is 6.04 Å². The minimum absolute atomic E-state index is 0.0247. The predicted molar refractivity (Wildman–Crippen MR) is 63.0 cm³/mol. The van der Waals surface area contributed by atoms with Crippen LogP contribution in [0.1, 0.15) is 20.3 Å². The summed E-state index contributed by atoms with van der Waals surface area (Å²) in [6, 6.07) is -0.182. The van der Waals surface area contributed by atoms with E-state index in [-0.39, 0.29) is 18.6 Å². The van der Waals surface area contributed by atoms with Crippen LogP contribution < -0.4 is 5.73 Å². The van der Waals surface area contributed by atoms with Crippen molar-refractivity contribution in [3.63, 3.8) is 0 Å². The molecule has 0 aromatic carbocycles. The molecule has 0 aliphatic carbocycles. The molecule has 5 nitrogen and oxygen atoms in total. The molecule has 1 saturated heterocycles. The molecule has 0 radical (unpaired) electrons. The van der Waals surface area contributed by atoms with Gasteiger partial charge in [0.1, 0.15) is 0 Å². The fourth-order valence-corrected chi connectivity index (χ4v) is 2.10. The summed E-state index contributed by atoms with van der Waals surface area (Å²) < 4.78 is 0. The Kier molecular flexibility index (Phi) is 5.18. The maximum absolute atomic E-state index is 11.6. The Morgan fingerprint density at radius 1 is 1.38 bits per heavy atom. The summed E-state index contributed by atoms with van der Waals surface area (Å²) in [6.45, 7) is 7.08. The molecule has 0 saturated carbocycles. The van der Waals surface area contributed by atoms with Gasteiger partial charge in [0, 0.05) is 32.2 Å². The van der Waals surface area contributed by atoms with Gasteiger partial charge in [-0.25, -0.2) is 0 Å². The fourth-order valence-electron chi connectivity index (χ4n) is 2.10. The number of nitrogens with zero attached hydrogens (tertiary/aromatic N) is 2. The molecule has 0 aromatic heterocycles. The number of aliphatic hydroxyl groups is 1. The average Bonchev–Trinajstić information content (AvgIpc) is 2.30. The summed E-state index contributed by atoms with van der Waals surface area (Å²) in [4.78, 5) is 15.7. The average molecular weight is 229 g/mol. The van der Waals surface area contributed by atoms with Crippen molar-refractivity contribution in [3.05, 3.63) is 0 Å². The molecule has 94 valence electrons. The smallest absolute Gasteiger partial charge is 0.239 e. The third-order valence-corrected chi connectivity index (χ3v) is 3.21. The van der Waals surface area contributed by atoms with Crippen LogP contribution in [0.3, 0.4) is 0 Å². The lowest BCUT2D eigenvalue weighted by atomic mass is 10.1. The zero-order valence-corrected chi connectivity index (χ0v) is 10.2. The van der Waals surface area contributed by atoms with Crippen LogP contribution in [0.4, 0.5) is 0 Å². The first-order valence-electron chi connectivity index (χ1n) is 5.99. The van der Waals surface area contributed by atoms with Crippen LogP contribution >= 0.6 is 0 Å². The molecular formula is C11H23N3O2. The Bertz CT molecular complexity index is 221. The van der Waals surface area contributed by atoms with E-state index in [0.29, 0.717) is 0 Å². The van der Waals surface area contributed by atoms with Gasteiger partial charge in [-0.15, -0.1) is 0 Å². The molecule has 2 atom stereocenters. The van der Waals surface area contributed by atoms with Gasteiger partial charge in [-0.1, -0.05) is 6.92 Å². The molecule has 1 rings (SSSR count). The van der Waals surface area contributed by atoms with Crippen molar-refractivity contribution < 1.29 is 9.90 Å². The van der Waals surface area contributed by atoms with Gasteiger partial charge in [-0.3, -0.25) is 9.69 Å². The second-order valence-electron chi connectivity index (χ2n) is 4.39. The highest BCUT2D eigenvalue weighted by Crippen LogP contribution is 2.09. The zero-order valence-electron chi connectivity index (χ0n) is 10.2. The van der Waals surface area contributed by atoms with Gasteiger partial charge in [0.2, 0.25) is 5.91 Å². The predicted octanol–water partition coefficient (Wildman–Crippen LogP) is -0.751. The maximum atomic E-state index is 11.6. The lowest BCUT2D eigenvalue weighted by Crippen LogP contribution is -2.55. The number of carbonyl (C=O) groups excluding carboxylic acids is 1. The Morgan fingerprint density at radius 2 is 1.94 bits per heavy atom. The minimum atomic E-state index is -0.411. The molecule has 1 aliphatic heterocycles. The lowest BCUT2D eigenvalue weighted by molar-refractivity contribution is -0.134. The Hall–Kier alpha value is -0.650. The Morgan fingerprint density at radius 3 is 2.31 bits per heavy atom. The number of hydrogen-bond donors (Lipinski definition) is 2. The molecule has 3 N–H and O–H groups in total. The summed E-state index contributed by atoms with van der Waals surface area (Å²) in [7, 11) is 0. The number of hydrogen-bond acceptors (Lipinski definition) is 4. The molecule has 0 bridgehead atoms. The highest BCUT2D eigenvalue weighted by atomic mass is 16.3. The lowest BCUT2D eigenvalue weighted by Gasteiger charge is -2.38. The summed E-state index contributed by atoms with van der Waals surface area (Å²) >= 11 is 0. The number of carbonyl (C=O) groups is 1. The first-order chi connectivity index (χ1) is 7.60. The van der Waals surface area contributed by atoms with Crippen molar-refractivity contribution in [2.45, 2.75) is 32.4 Å². The number of nitrogens with two attached hydrogens (primary N) is 1. The molecule has 0 aromatic rings. The molecule has 1 fully saturated rings. The topological polar surface area (TPSA) is 69.8 Å². The molecular weight excluding hydrogens is 206 g/mol. The van der Waals surface area contributed by atoms with Gasteiger partial charge < -0.3 is 15.7 Å². The van der Waals surface area contributed by atoms with Crippen LogP contribution in [0, 0.1) is 0 Å². The summed E-state index contributed by atoms with van der Waals surface area (Å²) in [5, 5.41) is 9.20. The third-order valence-electron chi connectivity index (χ3n) is 3.21. The largest absolute Gasteiger partial charge is 0.395 e. The molecule has 5 heteroatoms. The summed E-state index contributed by atoms with van der Waals surface area (Å²) in [5.74, 6) is 0.0247. The van der Waals surface area contributed by atoms with Gasteiger partial charge in [-0.2, -0.15) is 0 Å². The fraction of sp³-hybridized carbons (Fsp3) is 0.909.